The van der Waals surface area contributed by atoms with E-state index in [0.717, 1.165) is 27.4 Å². The summed E-state index contributed by atoms with van der Waals surface area (Å²) < 4.78 is 1.08. The quantitative estimate of drug-likeness (QED) is 0.874. The molecule has 17 heavy (non-hydrogen) atoms. The van der Waals surface area contributed by atoms with Crippen LogP contribution >= 0.6 is 39.3 Å². The fourth-order valence-electron chi connectivity index (χ4n) is 1.67. The first-order valence-corrected chi connectivity index (χ1v) is 7.77. The summed E-state index contributed by atoms with van der Waals surface area (Å²) in [5.41, 5.74) is 2.44. The van der Waals surface area contributed by atoms with Crippen LogP contribution in [0.5, 0.6) is 0 Å². The maximum atomic E-state index is 6.47. The predicted octanol–water partition coefficient (Wildman–Crippen LogP) is 4.50. The first-order chi connectivity index (χ1) is 8.08. The van der Waals surface area contributed by atoms with Crippen molar-refractivity contribution in [3.05, 3.63) is 33.8 Å². The molecule has 0 atom stereocenters. The molecule has 0 unspecified atom stereocenters. The minimum Gasteiger partial charge on any atom is -0.311 e. The van der Waals surface area contributed by atoms with E-state index in [-0.39, 0.29) is 0 Å². The highest BCUT2D eigenvalue weighted by molar-refractivity contribution is 9.10. The monoisotopic (exact) mass is 331 g/mol. The third kappa shape index (κ3) is 3.28. The van der Waals surface area contributed by atoms with Crippen LogP contribution in [0.2, 0.25) is 0 Å². The van der Waals surface area contributed by atoms with E-state index in [1.165, 1.54) is 10.5 Å². The van der Waals surface area contributed by atoms with Gasteiger partial charge < -0.3 is 5.32 Å². The number of nitrogens with one attached hydrogen (secondary N) is 1. The standard InChI is InChI=1S/C13H15BrClNS/c1-8(2)16-6-9-7-17-12-4-3-10(14)5-11(12)13(9)15/h3-5,8,16H,6-7H2,1-2H3. The molecule has 4 heteroatoms. The van der Waals surface area contributed by atoms with Crippen LogP contribution in [0, 0.1) is 0 Å². The zero-order chi connectivity index (χ0) is 12.4. The lowest BCUT2D eigenvalue weighted by molar-refractivity contribution is 0.623. The fraction of sp³-hybridized carbons (Fsp3) is 0.385. The smallest absolute Gasteiger partial charge is 0.0503 e. The Kier molecular flexibility index (Phi) is 4.59. The lowest BCUT2D eigenvalue weighted by Crippen LogP contribution is -2.26. The second kappa shape index (κ2) is 5.79. The summed E-state index contributed by atoms with van der Waals surface area (Å²) >= 11 is 11.8. The van der Waals surface area contributed by atoms with Crippen LogP contribution in [0.25, 0.3) is 5.03 Å². The highest BCUT2D eigenvalue weighted by Gasteiger charge is 2.18. The van der Waals surface area contributed by atoms with Crippen molar-refractivity contribution in [1.29, 1.82) is 0 Å². The molecule has 1 nitrogen and oxygen atoms in total. The number of benzene rings is 1. The molecule has 92 valence electrons. The first-order valence-electron chi connectivity index (χ1n) is 5.61. The van der Waals surface area contributed by atoms with Gasteiger partial charge in [0.25, 0.3) is 0 Å². The molecule has 2 rings (SSSR count). The summed E-state index contributed by atoms with van der Waals surface area (Å²) in [5.74, 6) is 0.979. The van der Waals surface area contributed by atoms with Gasteiger partial charge in [-0.25, -0.2) is 0 Å². The van der Waals surface area contributed by atoms with Gasteiger partial charge in [0, 0.05) is 33.3 Å². The predicted molar refractivity (Wildman–Crippen MR) is 80.8 cm³/mol. The van der Waals surface area contributed by atoms with Crippen molar-refractivity contribution in [2.75, 3.05) is 12.3 Å². The number of rotatable bonds is 3. The molecule has 0 saturated carbocycles. The van der Waals surface area contributed by atoms with Crippen molar-refractivity contribution in [2.45, 2.75) is 24.8 Å². The highest BCUT2D eigenvalue weighted by atomic mass is 79.9. The van der Waals surface area contributed by atoms with Crippen molar-refractivity contribution in [3.63, 3.8) is 0 Å². The minimum absolute atomic E-state index is 0.487. The maximum Gasteiger partial charge on any atom is 0.0503 e. The molecule has 0 amide bonds. The van der Waals surface area contributed by atoms with E-state index >= 15 is 0 Å². The number of thioether (sulfide) groups is 1. The third-order valence-corrected chi connectivity index (χ3v) is 4.74. The van der Waals surface area contributed by atoms with Crippen molar-refractivity contribution < 1.29 is 0 Å². The van der Waals surface area contributed by atoms with Crippen molar-refractivity contribution in [3.8, 4) is 0 Å². The van der Waals surface area contributed by atoms with Gasteiger partial charge in [-0.2, -0.15) is 0 Å². The molecule has 0 bridgehead atoms. The summed E-state index contributed by atoms with van der Waals surface area (Å²) in [6, 6.07) is 6.77. The van der Waals surface area contributed by atoms with E-state index in [9.17, 15) is 0 Å². The van der Waals surface area contributed by atoms with Gasteiger partial charge >= 0.3 is 0 Å². The van der Waals surface area contributed by atoms with Crippen molar-refractivity contribution in [2.24, 2.45) is 0 Å². The molecule has 1 N–H and O–H groups in total. The first kappa shape index (κ1) is 13.5. The van der Waals surface area contributed by atoms with Gasteiger partial charge in [-0.05, 0) is 23.8 Å². The average molecular weight is 333 g/mol. The maximum absolute atomic E-state index is 6.47. The van der Waals surface area contributed by atoms with E-state index in [4.69, 9.17) is 11.6 Å². The van der Waals surface area contributed by atoms with E-state index < -0.39 is 0 Å². The van der Waals surface area contributed by atoms with Gasteiger partial charge in [-0.15, -0.1) is 11.8 Å². The van der Waals surface area contributed by atoms with E-state index in [1.54, 1.807) is 0 Å². The Bertz CT molecular complexity index is 457. The molecule has 0 spiro atoms. The van der Waals surface area contributed by atoms with Gasteiger partial charge in [0.15, 0.2) is 0 Å². The zero-order valence-corrected chi connectivity index (χ0v) is 13.0. The average Bonchev–Trinajstić information content (AvgIpc) is 2.29. The fourth-order valence-corrected chi connectivity index (χ4v) is 3.52. The van der Waals surface area contributed by atoms with E-state index in [1.807, 2.05) is 11.8 Å². The van der Waals surface area contributed by atoms with Crippen molar-refractivity contribution >= 4 is 44.3 Å². The molecule has 1 aliphatic rings. The number of halogens is 2. The largest absolute Gasteiger partial charge is 0.311 e. The molecule has 0 aromatic heterocycles. The molecule has 0 aliphatic carbocycles. The lowest BCUT2D eigenvalue weighted by atomic mass is 10.1. The summed E-state index contributed by atoms with van der Waals surface area (Å²) in [7, 11) is 0. The summed E-state index contributed by atoms with van der Waals surface area (Å²) in [5, 5.41) is 4.33. The third-order valence-electron chi connectivity index (χ3n) is 2.61. The van der Waals surface area contributed by atoms with E-state index in [2.05, 4.69) is 53.3 Å². The van der Waals surface area contributed by atoms with Gasteiger partial charge in [-0.3, -0.25) is 0 Å². The Morgan fingerprint density at radius 3 is 2.94 bits per heavy atom. The summed E-state index contributed by atoms with van der Waals surface area (Å²) in [4.78, 5) is 1.27. The molecular weight excluding hydrogens is 318 g/mol. The van der Waals surface area contributed by atoms with Gasteiger partial charge in [0.1, 0.15) is 0 Å². The van der Waals surface area contributed by atoms with Crippen LogP contribution in [0.1, 0.15) is 19.4 Å². The van der Waals surface area contributed by atoms with Gasteiger partial charge in [0.2, 0.25) is 0 Å². The molecule has 0 radical (unpaired) electrons. The molecule has 1 aliphatic heterocycles. The van der Waals surface area contributed by atoms with Gasteiger partial charge in [0.05, 0.1) is 5.03 Å². The molecule has 0 fully saturated rings. The van der Waals surface area contributed by atoms with Crippen LogP contribution in [-0.2, 0) is 0 Å². The molecule has 1 heterocycles. The summed E-state index contributed by atoms with van der Waals surface area (Å²) in [6.45, 7) is 5.17. The molecule has 0 saturated heterocycles. The van der Waals surface area contributed by atoms with Crippen LogP contribution in [0.3, 0.4) is 0 Å². The number of hydrogen-bond acceptors (Lipinski definition) is 2. The normalized spacial score (nSPS) is 15.4. The highest BCUT2D eigenvalue weighted by Crippen LogP contribution is 2.40. The van der Waals surface area contributed by atoms with Crippen LogP contribution in [0.15, 0.2) is 33.1 Å². The second-order valence-corrected chi connectivity index (χ2v) is 6.69. The second-order valence-electron chi connectivity index (χ2n) is 4.38. The Hall–Kier alpha value is 0.0400. The van der Waals surface area contributed by atoms with Crippen LogP contribution in [-0.4, -0.2) is 18.3 Å². The molecule has 1 aromatic rings. The summed E-state index contributed by atoms with van der Waals surface area (Å²) in [6.07, 6.45) is 0. The lowest BCUT2D eigenvalue weighted by Gasteiger charge is -2.20. The Labute approximate surface area is 120 Å². The van der Waals surface area contributed by atoms with Crippen LogP contribution < -0.4 is 5.32 Å². The van der Waals surface area contributed by atoms with Gasteiger partial charge in [-0.1, -0.05) is 41.4 Å². The van der Waals surface area contributed by atoms with Crippen LogP contribution in [0.4, 0.5) is 0 Å². The van der Waals surface area contributed by atoms with Crippen molar-refractivity contribution in [1.82, 2.24) is 5.32 Å². The molecular formula is C13H15BrClNS. The SMILES string of the molecule is CC(C)NCC1=C(Cl)c2cc(Br)ccc2SC1. The Balaban J connectivity index is 2.27. The molecule has 1 aromatic carbocycles. The minimum atomic E-state index is 0.487. The number of hydrogen-bond donors (Lipinski definition) is 1. The van der Waals surface area contributed by atoms with E-state index in [0.29, 0.717) is 6.04 Å². The zero-order valence-electron chi connectivity index (χ0n) is 9.89. The Morgan fingerprint density at radius 1 is 1.47 bits per heavy atom. The number of fused-ring (bicyclic) bond motifs is 1. The Morgan fingerprint density at radius 2 is 2.24 bits per heavy atom. The topological polar surface area (TPSA) is 12.0 Å².